The molecule has 9 heavy (non-hydrogen) atoms. The van der Waals surface area contributed by atoms with Gasteiger partial charge in [-0.1, -0.05) is 5.40 Å². The summed E-state index contributed by atoms with van der Waals surface area (Å²) >= 11 is 3.70. The Balaban J connectivity index is 0. The summed E-state index contributed by atoms with van der Waals surface area (Å²) in [6, 6.07) is 0. The van der Waals surface area contributed by atoms with Crippen molar-refractivity contribution in [3.63, 3.8) is 0 Å². The molecule has 0 aromatic heterocycles. The second kappa shape index (κ2) is 5.80. The van der Waals surface area contributed by atoms with Crippen LogP contribution in [0, 0.1) is 10.7 Å². The van der Waals surface area contributed by atoms with E-state index in [4.69, 9.17) is 5.26 Å². The average Bonchev–Trinajstić information content (AvgIpc) is 1.67. The summed E-state index contributed by atoms with van der Waals surface area (Å²) in [6.45, 7) is 3.39. The van der Waals surface area contributed by atoms with Crippen LogP contribution in [0.25, 0.3) is 0 Å². The molecule has 0 rings (SSSR count). The first-order valence-corrected chi connectivity index (χ1v) is 3.20. The molecule has 0 amide bonds. The minimum absolute atomic E-state index is 1.07. The van der Waals surface area contributed by atoms with E-state index in [1.54, 1.807) is 0 Å². The van der Waals surface area contributed by atoms with E-state index >= 15 is 0 Å². The Morgan fingerprint density at radius 1 is 1.44 bits per heavy atom. The van der Waals surface area contributed by atoms with Crippen LogP contribution in [0.2, 0.25) is 0 Å². The zero-order valence-corrected chi connectivity index (χ0v) is 7.33. The first-order valence-electron chi connectivity index (χ1n) is 2.79. The number of nitrogens with zero attached hydrogens (tertiary/aromatic N) is 2. The van der Waals surface area contributed by atoms with Crippen LogP contribution in [0.5, 0.6) is 0 Å². The largest absolute Gasteiger partial charge is 0.696 e. The van der Waals surface area contributed by atoms with E-state index in [2.05, 4.69) is 40.7 Å². The predicted octanol–water partition coefficient (Wildman–Crippen LogP) is 0.727. The molecule has 3 heteroatoms. The van der Waals surface area contributed by atoms with Crippen molar-refractivity contribution in [1.29, 1.82) is 5.26 Å². The fourth-order valence-corrected chi connectivity index (χ4v) is 0. The monoisotopic (exact) mass is 146 g/mol. The molecule has 0 aliphatic carbocycles. The molecule has 0 spiro atoms. The molecule has 0 atom stereocenters. The first-order chi connectivity index (χ1) is 3.97. The van der Waals surface area contributed by atoms with Gasteiger partial charge in [0, 0.05) is 0 Å². The van der Waals surface area contributed by atoms with Crippen molar-refractivity contribution in [3.8, 4) is 5.40 Å². The predicted molar refractivity (Wildman–Crippen MR) is 41.6 cm³/mol. The number of rotatable bonds is 1. The fourth-order valence-electron chi connectivity index (χ4n) is 0. The van der Waals surface area contributed by atoms with Gasteiger partial charge in [-0.25, -0.2) is 5.26 Å². The van der Waals surface area contributed by atoms with E-state index in [9.17, 15) is 0 Å². The van der Waals surface area contributed by atoms with Crippen molar-refractivity contribution in [1.82, 2.24) is 0 Å². The molecule has 0 bridgehead atoms. The second-order valence-corrected chi connectivity index (χ2v) is 2.88. The maximum atomic E-state index is 7.13. The highest BCUT2D eigenvalue weighted by Gasteiger charge is 1.97. The van der Waals surface area contributed by atoms with Crippen LogP contribution in [0.15, 0.2) is 0 Å². The van der Waals surface area contributed by atoms with Gasteiger partial charge in [0.15, 0.2) is 0 Å². The molecule has 0 unspecified atom stereocenters. The number of hydrogen-bond donors (Lipinski definition) is 0. The Morgan fingerprint density at radius 3 is 1.56 bits per heavy atom. The van der Waals surface area contributed by atoms with E-state index in [1.807, 2.05) is 0 Å². The van der Waals surface area contributed by atoms with Gasteiger partial charge in [-0.3, -0.25) is 0 Å². The highest BCUT2D eigenvalue weighted by Crippen LogP contribution is 1.83. The van der Waals surface area contributed by atoms with E-state index in [0.717, 1.165) is 4.48 Å². The molecule has 0 aromatic rings. The summed E-state index contributed by atoms with van der Waals surface area (Å²) in [6.07, 6.45) is 0. The average molecular weight is 146 g/mol. The second-order valence-electron chi connectivity index (χ2n) is 2.70. The molecule has 0 aliphatic heterocycles. The minimum atomic E-state index is 1.07. The third-order valence-electron chi connectivity index (χ3n) is 0.949. The molecule has 54 valence electrons. The zero-order chi connectivity index (χ0) is 7.91. The molecule has 0 saturated carbocycles. The van der Waals surface area contributed by atoms with Gasteiger partial charge in [-0.2, -0.15) is 0 Å². The normalized spacial score (nSPS) is 8.78. The van der Waals surface area contributed by atoms with Gasteiger partial charge in [0.05, 0.1) is 27.7 Å². The smallest absolute Gasteiger partial charge is 0.0751 e. The Bertz CT molecular complexity index is 88.2. The molecular formula is C6H14N2S. The van der Waals surface area contributed by atoms with E-state index in [1.165, 1.54) is 11.9 Å². The highest BCUT2D eigenvalue weighted by molar-refractivity contribution is 7.64. The zero-order valence-electron chi connectivity index (χ0n) is 6.51. The van der Waals surface area contributed by atoms with Crippen molar-refractivity contribution < 1.29 is 4.48 Å². The van der Waals surface area contributed by atoms with E-state index in [0.29, 0.717) is 0 Å². The van der Waals surface area contributed by atoms with Crippen LogP contribution in [0.4, 0.5) is 0 Å². The Kier molecular flexibility index (Phi) is 7.39. The molecule has 0 saturated heterocycles. The highest BCUT2D eigenvalue weighted by atomic mass is 32.1. The lowest BCUT2D eigenvalue weighted by atomic mass is 10.6. The summed E-state index contributed by atoms with van der Waals surface area (Å²) in [5, 5.41) is 8.47. The number of quaternary nitrogens is 1. The van der Waals surface area contributed by atoms with E-state index < -0.39 is 0 Å². The van der Waals surface area contributed by atoms with Crippen LogP contribution in [-0.4, -0.2) is 32.2 Å². The molecule has 0 radical (unpaired) electrons. The quantitative estimate of drug-likeness (QED) is 0.309. The third kappa shape index (κ3) is 34.6. The molecule has 0 N–H and O–H groups in total. The third-order valence-corrected chi connectivity index (χ3v) is 0.949. The Hall–Kier alpha value is -0.330. The summed E-state index contributed by atoms with van der Waals surface area (Å²) in [7, 11) is 6.54. The van der Waals surface area contributed by atoms with Crippen LogP contribution < -0.4 is 0 Å². The van der Waals surface area contributed by atoms with Gasteiger partial charge in [0.2, 0.25) is 0 Å². The Labute approximate surface area is 63.1 Å². The maximum absolute atomic E-state index is 7.13. The topological polar surface area (TPSA) is 23.8 Å². The summed E-state index contributed by atoms with van der Waals surface area (Å²) in [5.41, 5.74) is 0. The molecule has 2 nitrogen and oxygen atoms in total. The molecule has 0 heterocycles. The first kappa shape index (κ1) is 11.5. The lowest BCUT2D eigenvalue weighted by Crippen LogP contribution is -2.33. The van der Waals surface area contributed by atoms with Gasteiger partial charge in [0.1, 0.15) is 0 Å². The number of nitriles is 1. The SMILES string of the molecule is CC[N+](C)(C)C.N#C[S-]. The summed E-state index contributed by atoms with van der Waals surface area (Å²) in [4.78, 5) is 0. The van der Waals surface area contributed by atoms with Crippen molar-refractivity contribution in [2.45, 2.75) is 6.92 Å². The Morgan fingerprint density at radius 2 is 1.56 bits per heavy atom. The molecule has 0 fully saturated rings. The van der Waals surface area contributed by atoms with E-state index in [-0.39, 0.29) is 0 Å². The fraction of sp³-hybridized carbons (Fsp3) is 0.833. The molecular weight excluding hydrogens is 132 g/mol. The maximum Gasteiger partial charge on any atom is 0.0751 e. The van der Waals surface area contributed by atoms with Crippen LogP contribution in [0.3, 0.4) is 0 Å². The van der Waals surface area contributed by atoms with Crippen molar-refractivity contribution in [3.05, 3.63) is 0 Å². The van der Waals surface area contributed by atoms with Gasteiger partial charge in [-0.15, -0.1) is 0 Å². The molecule has 0 aliphatic rings. The van der Waals surface area contributed by atoms with Crippen LogP contribution >= 0.6 is 0 Å². The molecule has 0 aromatic carbocycles. The van der Waals surface area contributed by atoms with Crippen molar-refractivity contribution >= 4 is 12.6 Å². The van der Waals surface area contributed by atoms with Gasteiger partial charge < -0.3 is 17.1 Å². The minimum Gasteiger partial charge on any atom is -0.696 e. The standard InChI is InChI=1S/C5H14N.CHNS/c1-5-6(2,3)4;2-1-3/h5H2,1-4H3;3H/q+1;/p-1. The van der Waals surface area contributed by atoms with Crippen LogP contribution in [-0.2, 0) is 12.6 Å². The number of thiocyanates is 1. The summed E-state index contributed by atoms with van der Waals surface area (Å²) in [5.74, 6) is 0. The lowest BCUT2D eigenvalue weighted by Gasteiger charge is -2.20. The number of hydrogen-bond acceptors (Lipinski definition) is 2. The van der Waals surface area contributed by atoms with Gasteiger partial charge in [-0.05, 0) is 6.92 Å². The summed E-state index contributed by atoms with van der Waals surface area (Å²) < 4.78 is 1.07. The van der Waals surface area contributed by atoms with Crippen molar-refractivity contribution in [2.24, 2.45) is 0 Å². The van der Waals surface area contributed by atoms with Gasteiger partial charge >= 0.3 is 0 Å². The van der Waals surface area contributed by atoms with Crippen LogP contribution in [0.1, 0.15) is 6.92 Å². The van der Waals surface area contributed by atoms with Gasteiger partial charge in [0.25, 0.3) is 0 Å². The lowest BCUT2D eigenvalue weighted by molar-refractivity contribution is -0.868. The van der Waals surface area contributed by atoms with Crippen molar-refractivity contribution in [2.75, 3.05) is 27.7 Å².